The number of benzene rings is 2. The van der Waals surface area contributed by atoms with E-state index in [9.17, 15) is 0 Å². The molecule has 11 rings (SSSR count). The van der Waals surface area contributed by atoms with E-state index in [1.54, 1.807) is 0 Å². The van der Waals surface area contributed by atoms with Crippen LogP contribution in [-0.4, -0.2) is 79.7 Å². The van der Waals surface area contributed by atoms with Gasteiger partial charge in [-0.05, 0) is 61.4 Å². The smallest absolute Gasteiger partial charge is 0.161 e. The summed E-state index contributed by atoms with van der Waals surface area (Å²) in [4.78, 5) is 23.1. The minimum atomic E-state index is 0.499. The van der Waals surface area contributed by atoms with Gasteiger partial charge in [-0.2, -0.15) is 10.2 Å². The van der Waals surface area contributed by atoms with E-state index in [4.69, 9.17) is 26.2 Å². The second-order valence-corrected chi connectivity index (χ2v) is 14.1. The van der Waals surface area contributed by atoms with Crippen LogP contribution in [0.15, 0.2) is 66.7 Å². The third kappa shape index (κ3) is 8.47. The molecule has 0 aliphatic carbocycles. The number of hydrogen-bond acceptors (Lipinski definition) is 13. The first-order valence-electron chi connectivity index (χ1n) is 18.9. The maximum Gasteiger partial charge on any atom is 0.161 e. The number of ether oxygens (including phenoxy) is 1. The molecule has 6 bridgehead atoms. The van der Waals surface area contributed by atoms with Crippen LogP contribution in [0.4, 0.5) is 46.3 Å². The Balaban J connectivity index is 0.000000157. The maximum absolute atomic E-state index is 6.49. The van der Waals surface area contributed by atoms with E-state index < -0.39 is 0 Å². The Morgan fingerprint density at radius 3 is 1.93 bits per heavy atom. The van der Waals surface area contributed by atoms with Crippen molar-refractivity contribution in [3.63, 3.8) is 0 Å². The Hall–Kier alpha value is -6.74. The van der Waals surface area contributed by atoms with Crippen molar-refractivity contribution in [3.05, 3.63) is 106 Å². The molecule has 2 saturated heterocycles. The Morgan fingerprint density at radius 1 is 0.696 bits per heavy atom. The minimum Gasteiger partial charge on any atom is -0.393 e. The van der Waals surface area contributed by atoms with Crippen LogP contribution in [0, 0.1) is 13.8 Å². The van der Waals surface area contributed by atoms with E-state index in [2.05, 4.69) is 75.1 Å². The molecule has 9 heterocycles. The number of aromatic nitrogens is 8. The molecule has 0 atom stereocenters. The first kappa shape index (κ1) is 36.2. The van der Waals surface area contributed by atoms with Crippen molar-refractivity contribution in [1.82, 2.24) is 40.3 Å². The summed E-state index contributed by atoms with van der Waals surface area (Å²) < 4.78 is 5.46. The molecule has 286 valence electrons. The number of hydrogen-bond donors (Lipinski definition) is 6. The zero-order valence-corrected chi connectivity index (χ0v) is 31.5. The molecule has 8 N–H and O–H groups in total. The third-order valence-electron chi connectivity index (χ3n) is 9.95. The van der Waals surface area contributed by atoms with Gasteiger partial charge in [0.05, 0.1) is 13.2 Å². The van der Waals surface area contributed by atoms with E-state index in [0.29, 0.717) is 71.2 Å². The van der Waals surface area contributed by atoms with Crippen molar-refractivity contribution < 1.29 is 4.74 Å². The molecule has 0 amide bonds. The van der Waals surface area contributed by atoms with Crippen molar-refractivity contribution in [2.45, 2.75) is 32.6 Å². The predicted molar refractivity (Wildman–Crippen MR) is 224 cm³/mol. The molecule has 5 aliphatic rings. The van der Waals surface area contributed by atoms with Gasteiger partial charge in [0, 0.05) is 49.7 Å². The van der Waals surface area contributed by atoms with Gasteiger partial charge in [-0.15, -0.1) is 0 Å². The first-order valence-corrected chi connectivity index (χ1v) is 18.9. The number of nitrogens with zero attached hydrogens (tertiary/aromatic N) is 8. The number of nitrogens with one attached hydrogen (secondary N) is 4. The molecule has 4 aromatic heterocycles. The van der Waals surface area contributed by atoms with Gasteiger partial charge in [0.15, 0.2) is 46.6 Å². The molecule has 0 radical (unpaired) electrons. The molecule has 6 aromatic rings. The average molecular weight is 751 g/mol. The van der Waals surface area contributed by atoms with Crippen LogP contribution in [0.1, 0.15) is 58.5 Å². The second-order valence-electron chi connectivity index (χ2n) is 14.1. The molecule has 5 aliphatic heterocycles. The number of H-pyrrole nitrogens is 2. The zero-order chi connectivity index (χ0) is 38.4. The molecule has 2 fully saturated rings. The number of rotatable bonds is 7. The summed E-state index contributed by atoms with van der Waals surface area (Å²) in [6.45, 7) is 8.54. The lowest BCUT2D eigenvalue weighted by molar-refractivity contribution is 0.122. The first-order chi connectivity index (χ1) is 27.3. The van der Waals surface area contributed by atoms with Crippen LogP contribution in [-0.2, 0) is 4.74 Å². The quantitative estimate of drug-likeness (QED) is 0.103. The van der Waals surface area contributed by atoms with E-state index in [-0.39, 0.29) is 0 Å². The Labute approximate surface area is 325 Å². The lowest BCUT2D eigenvalue weighted by Gasteiger charge is -2.34. The van der Waals surface area contributed by atoms with Crippen molar-refractivity contribution in [2.24, 2.45) is 0 Å². The van der Waals surface area contributed by atoms with Crippen LogP contribution in [0.25, 0.3) is 24.3 Å². The minimum absolute atomic E-state index is 0.499. The fraction of sp³-hybridized carbons (Fsp3) is 0.268. The number of nitrogen functional groups attached to an aromatic ring is 2. The normalized spacial score (nSPS) is 15.8. The highest BCUT2D eigenvalue weighted by Crippen LogP contribution is 2.36. The van der Waals surface area contributed by atoms with Gasteiger partial charge in [-0.1, -0.05) is 66.7 Å². The van der Waals surface area contributed by atoms with Gasteiger partial charge in [-0.3, -0.25) is 10.2 Å². The number of nitrogens with two attached hydrogens (primary N) is 2. The highest BCUT2D eigenvalue weighted by Gasteiger charge is 2.25. The van der Waals surface area contributed by atoms with Crippen molar-refractivity contribution in [2.75, 3.05) is 71.3 Å². The fourth-order valence-electron chi connectivity index (χ4n) is 6.96. The van der Waals surface area contributed by atoms with Crippen molar-refractivity contribution >= 4 is 70.6 Å². The molecule has 0 spiro atoms. The lowest BCUT2D eigenvalue weighted by Crippen LogP contribution is -2.37. The number of fused-ring (bicyclic) bond motifs is 2. The Kier molecular flexibility index (Phi) is 10.6. The summed E-state index contributed by atoms with van der Waals surface area (Å²) in [5, 5.41) is 20.7. The molecule has 0 unspecified atom stereocenters. The topological polar surface area (TPSA) is 201 Å². The van der Waals surface area contributed by atoms with Gasteiger partial charge >= 0.3 is 0 Å². The zero-order valence-electron chi connectivity index (χ0n) is 31.5. The standard InChI is InChI=1S/C21H23N7.C20H23N7O/c1-13-12-18(27-26-13)24-20-19(22)21-25-17(23-20)7-4-14-2-5-15(6-3-14)16-8-10-28(21)11-9-16;1-14-13-17(26-25-14)23-19-18(21)20(27-9-11-28-12-10-27)24-16(22-19)8-7-15-5-3-2-4-6-15/h2-7,12,16H,8-11,22H2,1H3,(H2,23,24,25,26,27);2-8,13H,9-12,21H2,1H3,(H2,22,23,24,25,26)/b7-4+;8-7+. The summed E-state index contributed by atoms with van der Waals surface area (Å²) >= 11 is 0. The molecule has 15 heteroatoms. The molecule has 56 heavy (non-hydrogen) atoms. The third-order valence-corrected chi connectivity index (χ3v) is 9.95. The molecule has 15 nitrogen and oxygen atoms in total. The Morgan fingerprint density at radius 2 is 1.30 bits per heavy atom. The number of aryl methyl sites for hydroxylation is 2. The molecular weight excluding hydrogens is 705 g/mol. The fourth-order valence-corrected chi connectivity index (χ4v) is 6.96. The van der Waals surface area contributed by atoms with Gasteiger partial charge in [0.2, 0.25) is 0 Å². The van der Waals surface area contributed by atoms with E-state index in [1.165, 1.54) is 5.56 Å². The van der Waals surface area contributed by atoms with E-state index in [1.807, 2.05) is 80.6 Å². The lowest BCUT2D eigenvalue weighted by atomic mass is 9.89. The van der Waals surface area contributed by atoms with Crippen LogP contribution in [0.5, 0.6) is 0 Å². The van der Waals surface area contributed by atoms with E-state index in [0.717, 1.165) is 67.4 Å². The molecule has 2 aromatic carbocycles. The highest BCUT2D eigenvalue weighted by atomic mass is 16.5. The summed E-state index contributed by atoms with van der Waals surface area (Å²) in [5.41, 5.74) is 19.5. The molecular formula is C41H46N14O. The van der Waals surface area contributed by atoms with Gasteiger partial charge in [-0.25, -0.2) is 19.9 Å². The SMILES string of the molecule is Cc1cc(Nc2nc(/C=C/c3ccccc3)nc(N3CCOCC3)c2N)n[nH]1.Cc1cc(Nc2nc3nc(c2N)N2CCC(CC2)c2ccc(cc2)/C=C/3)n[nH]1. The average Bonchev–Trinajstić information content (AvgIpc) is 3.85. The number of aromatic amines is 2. The predicted octanol–water partition coefficient (Wildman–Crippen LogP) is 6.54. The monoisotopic (exact) mass is 750 g/mol. The van der Waals surface area contributed by atoms with Crippen molar-refractivity contribution in [3.8, 4) is 0 Å². The van der Waals surface area contributed by atoms with Gasteiger partial charge in [0.25, 0.3) is 0 Å². The summed E-state index contributed by atoms with van der Waals surface area (Å²) in [5.74, 6) is 5.77. The summed E-state index contributed by atoms with van der Waals surface area (Å²) in [6, 6.07) is 22.7. The number of piperidine rings is 1. The number of morpholine rings is 1. The van der Waals surface area contributed by atoms with Crippen LogP contribution in [0.3, 0.4) is 0 Å². The van der Waals surface area contributed by atoms with Crippen LogP contribution >= 0.6 is 0 Å². The van der Waals surface area contributed by atoms with Crippen LogP contribution < -0.4 is 31.9 Å². The second kappa shape index (κ2) is 16.3. The number of anilines is 8. The molecule has 0 saturated carbocycles. The Bertz CT molecular complexity index is 2260. The van der Waals surface area contributed by atoms with Crippen molar-refractivity contribution in [1.29, 1.82) is 0 Å². The van der Waals surface area contributed by atoms with Gasteiger partial charge in [0.1, 0.15) is 11.4 Å². The maximum atomic E-state index is 6.49. The highest BCUT2D eigenvalue weighted by molar-refractivity contribution is 5.81. The van der Waals surface area contributed by atoms with E-state index >= 15 is 0 Å². The van der Waals surface area contributed by atoms with Crippen LogP contribution in [0.2, 0.25) is 0 Å². The summed E-state index contributed by atoms with van der Waals surface area (Å²) in [6.07, 6.45) is 10.0. The summed E-state index contributed by atoms with van der Waals surface area (Å²) in [7, 11) is 0. The van der Waals surface area contributed by atoms with Gasteiger partial charge < -0.3 is 36.6 Å². The largest absolute Gasteiger partial charge is 0.393 e.